The van der Waals surface area contributed by atoms with E-state index in [4.69, 9.17) is 5.26 Å². The smallest absolute Gasteiger partial charge is 0.293 e. The van der Waals surface area contributed by atoms with Crippen molar-refractivity contribution in [1.29, 1.82) is 5.26 Å². The highest BCUT2D eigenvalue weighted by Crippen LogP contribution is 2.33. The first-order valence-electron chi connectivity index (χ1n) is 6.73. The first kappa shape index (κ1) is 14.8. The number of hydrogen-bond acceptors (Lipinski definition) is 5. The highest BCUT2D eigenvalue weighted by atomic mass is 16.6. The predicted molar refractivity (Wildman–Crippen MR) is 76.9 cm³/mol. The van der Waals surface area contributed by atoms with Gasteiger partial charge >= 0.3 is 0 Å². The molecule has 0 heterocycles. The second-order valence-corrected chi connectivity index (χ2v) is 4.84. The lowest BCUT2D eigenvalue weighted by molar-refractivity contribution is -0.384. The Morgan fingerprint density at radius 3 is 2.81 bits per heavy atom. The highest BCUT2D eigenvalue weighted by Gasteiger charge is 2.34. The van der Waals surface area contributed by atoms with E-state index in [9.17, 15) is 14.9 Å². The molecule has 0 radical (unpaired) electrons. The molecule has 0 aliphatic heterocycles. The Morgan fingerprint density at radius 2 is 2.29 bits per heavy atom. The van der Waals surface area contributed by atoms with Gasteiger partial charge in [-0.2, -0.15) is 5.26 Å². The van der Waals surface area contributed by atoms with E-state index in [1.165, 1.54) is 12.1 Å². The second-order valence-electron chi connectivity index (χ2n) is 4.84. The Bertz CT molecular complexity index is 605. The number of nitro benzene ring substituents is 1. The number of carbonyl (C=O) groups is 1. The molecule has 0 saturated heterocycles. The molecule has 1 fully saturated rings. The van der Waals surface area contributed by atoms with Gasteiger partial charge in [-0.25, -0.2) is 0 Å². The maximum absolute atomic E-state index is 12.6. The molecule has 1 N–H and O–H groups in total. The van der Waals surface area contributed by atoms with E-state index in [-0.39, 0.29) is 35.3 Å². The number of carbonyl (C=O) groups excluding carboxylic acids is 1. The van der Waals surface area contributed by atoms with Gasteiger partial charge in [-0.15, -0.1) is 0 Å². The van der Waals surface area contributed by atoms with Crippen molar-refractivity contribution in [3.63, 3.8) is 0 Å². The molecule has 0 spiro atoms. The quantitative estimate of drug-likeness (QED) is 0.638. The molecule has 21 heavy (non-hydrogen) atoms. The summed E-state index contributed by atoms with van der Waals surface area (Å²) in [5.74, 6) is -0.263. The third-order valence-electron chi connectivity index (χ3n) is 3.43. The average Bonchev–Trinajstić information content (AvgIpc) is 3.31. The van der Waals surface area contributed by atoms with Crippen molar-refractivity contribution in [2.45, 2.75) is 25.3 Å². The van der Waals surface area contributed by atoms with E-state index in [0.29, 0.717) is 6.54 Å². The SMILES string of the molecule is CNc1c(C(=O)N(CCC#N)C2CC2)cccc1[N+](=O)[O-]. The number of nitrogens with zero attached hydrogens (tertiary/aromatic N) is 3. The molecule has 1 aromatic rings. The van der Waals surface area contributed by atoms with Gasteiger partial charge in [0.2, 0.25) is 0 Å². The van der Waals surface area contributed by atoms with Crippen LogP contribution in [0.2, 0.25) is 0 Å². The topological polar surface area (TPSA) is 99.3 Å². The lowest BCUT2D eigenvalue weighted by Crippen LogP contribution is -2.34. The molecular formula is C14H16N4O3. The van der Waals surface area contributed by atoms with Crippen LogP contribution in [-0.4, -0.2) is 35.4 Å². The molecule has 1 aromatic carbocycles. The van der Waals surface area contributed by atoms with Gasteiger partial charge < -0.3 is 10.2 Å². The van der Waals surface area contributed by atoms with Gasteiger partial charge in [0.15, 0.2) is 0 Å². The number of hydrogen-bond donors (Lipinski definition) is 1. The number of nitriles is 1. The standard InChI is InChI=1S/C14H16N4O3/c1-16-13-11(4-2-5-12(13)18(20)21)14(19)17(9-3-8-15)10-6-7-10/h2,4-5,10,16H,3,6-7,9H2,1H3. The van der Waals surface area contributed by atoms with E-state index in [1.807, 2.05) is 6.07 Å². The van der Waals surface area contributed by atoms with Gasteiger partial charge in [-0.05, 0) is 18.9 Å². The minimum absolute atomic E-state index is 0.126. The fourth-order valence-corrected chi connectivity index (χ4v) is 2.29. The van der Waals surface area contributed by atoms with Gasteiger partial charge in [0.05, 0.1) is 23.0 Å². The van der Waals surface area contributed by atoms with Crippen molar-refractivity contribution in [1.82, 2.24) is 4.90 Å². The Kier molecular flexibility index (Phi) is 4.38. The molecular weight excluding hydrogens is 272 g/mol. The maximum atomic E-state index is 12.6. The minimum Gasteiger partial charge on any atom is -0.382 e. The molecule has 0 atom stereocenters. The molecule has 1 aliphatic rings. The third kappa shape index (κ3) is 3.11. The molecule has 110 valence electrons. The fraction of sp³-hybridized carbons (Fsp3) is 0.429. The van der Waals surface area contributed by atoms with Crippen LogP contribution in [0.1, 0.15) is 29.6 Å². The van der Waals surface area contributed by atoms with Gasteiger partial charge in [-0.1, -0.05) is 6.07 Å². The summed E-state index contributed by atoms with van der Waals surface area (Å²) in [5, 5.41) is 22.5. The van der Waals surface area contributed by atoms with Crippen LogP contribution in [-0.2, 0) is 0 Å². The number of benzene rings is 1. The second kappa shape index (κ2) is 6.22. The number of rotatable bonds is 6. The minimum atomic E-state index is -0.515. The summed E-state index contributed by atoms with van der Waals surface area (Å²) >= 11 is 0. The Labute approximate surface area is 122 Å². The normalized spacial score (nSPS) is 13.3. The molecule has 0 aromatic heterocycles. The first-order chi connectivity index (χ1) is 10.1. The maximum Gasteiger partial charge on any atom is 0.293 e. The Morgan fingerprint density at radius 1 is 1.57 bits per heavy atom. The zero-order valence-electron chi connectivity index (χ0n) is 11.7. The van der Waals surface area contributed by atoms with Crippen molar-refractivity contribution < 1.29 is 9.72 Å². The van der Waals surface area contributed by atoms with Crippen LogP contribution >= 0.6 is 0 Å². The Balaban J connectivity index is 2.35. The molecule has 0 unspecified atom stereocenters. The van der Waals surface area contributed by atoms with E-state index in [2.05, 4.69) is 5.32 Å². The number of amides is 1. The van der Waals surface area contributed by atoms with Crippen molar-refractivity contribution in [2.24, 2.45) is 0 Å². The average molecular weight is 288 g/mol. The van der Waals surface area contributed by atoms with Crippen molar-refractivity contribution in [2.75, 3.05) is 18.9 Å². The lowest BCUT2D eigenvalue weighted by atomic mass is 10.1. The van der Waals surface area contributed by atoms with Gasteiger partial charge in [-0.3, -0.25) is 14.9 Å². The first-order valence-corrected chi connectivity index (χ1v) is 6.73. The summed E-state index contributed by atoms with van der Waals surface area (Å²) in [6.45, 7) is 0.353. The number of anilines is 1. The van der Waals surface area contributed by atoms with Crippen LogP contribution in [0, 0.1) is 21.4 Å². The van der Waals surface area contributed by atoms with Crippen LogP contribution in [0.15, 0.2) is 18.2 Å². The van der Waals surface area contributed by atoms with Crippen LogP contribution in [0.3, 0.4) is 0 Å². The summed E-state index contributed by atoms with van der Waals surface area (Å²) in [6.07, 6.45) is 2.09. The summed E-state index contributed by atoms with van der Waals surface area (Å²) in [6, 6.07) is 6.61. The summed E-state index contributed by atoms with van der Waals surface area (Å²) in [5.41, 5.74) is 0.367. The van der Waals surface area contributed by atoms with E-state index < -0.39 is 4.92 Å². The van der Waals surface area contributed by atoms with E-state index in [0.717, 1.165) is 12.8 Å². The van der Waals surface area contributed by atoms with E-state index in [1.54, 1.807) is 18.0 Å². The van der Waals surface area contributed by atoms with Crippen LogP contribution in [0.25, 0.3) is 0 Å². The monoisotopic (exact) mass is 288 g/mol. The van der Waals surface area contributed by atoms with Gasteiger partial charge in [0.1, 0.15) is 5.69 Å². The zero-order chi connectivity index (χ0) is 15.4. The number of para-hydroxylation sites is 1. The molecule has 2 rings (SSSR count). The van der Waals surface area contributed by atoms with Crippen LogP contribution in [0.5, 0.6) is 0 Å². The summed E-state index contributed by atoms with van der Waals surface area (Å²) in [7, 11) is 1.55. The highest BCUT2D eigenvalue weighted by molar-refractivity contribution is 6.01. The van der Waals surface area contributed by atoms with Crippen LogP contribution < -0.4 is 5.32 Å². The van der Waals surface area contributed by atoms with Crippen molar-refractivity contribution in [3.8, 4) is 6.07 Å². The number of nitrogens with one attached hydrogen (secondary N) is 1. The van der Waals surface area contributed by atoms with E-state index >= 15 is 0 Å². The molecule has 1 saturated carbocycles. The van der Waals surface area contributed by atoms with Gasteiger partial charge in [0.25, 0.3) is 11.6 Å². The zero-order valence-corrected chi connectivity index (χ0v) is 11.7. The predicted octanol–water partition coefficient (Wildman–Crippen LogP) is 2.15. The van der Waals surface area contributed by atoms with Gasteiger partial charge in [0, 0.05) is 25.7 Å². The molecule has 7 heteroatoms. The third-order valence-corrected chi connectivity index (χ3v) is 3.43. The van der Waals surface area contributed by atoms with Crippen molar-refractivity contribution >= 4 is 17.3 Å². The lowest BCUT2D eigenvalue weighted by Gasteiger charge is -2.22. The molecule has 0 bridgehead atoms. The largest absolute Gasteiger partial charge is 0.382 e. The fourth-order valence-electron chi connectivity index (χ4n) is 2.29. The molecule has 7 nitrogen and oxygen atoms in total. The molecule has 1 amide bonds. The van der Waals surface area contributed by atoms with Crippen molar-refractivity contribution in [3.05, 3.63) is 33.9 Å². The summed E-state index contributed by atoms with van der Waals surface area (Å²) < 4.78 is 0. The molecule has 1 aliphatic carbocycles. The Hall–Kier alpha value is -2.62. The number of nitro groups is 1. The van der Waals surface area contributed by atoms with Crippen LogP contribution in [0.4, 0.5) is 11.4 Å². The summed E-state index contributed by atoms with van der Waals surface area (Å²) in [4.78, 5) is 24.8.